The van der Waals surface area contributed by atoms with Crippen molar-refractivity contribution in [3.63, 3.8) is 0 Å². The van der Waals surface area contributed by atoms with Gasteiger partial charge in [0.15, 0.2) is 0 Å². The molecule has 0 radical (unpaired) electrons. The van der Waals surface area contributed by atoms with Gasteiger partial charge in [-0.2, -0.15) is 0 Å². The standard InChI is InChI=1S/C8H9NO.C4H8O2.C3H6O2.C2H6N2.C2H5NO.C2H4O2/c1-7(10)9-8-5-3-2-4-6-8;1-3-6-4(2)5;1-3(4)5-2;3*1-2(3)4/h2-6H,1H3,(H,9,10);3H2,1-2H3;1-2H3;1H3,(H3,3,4);1H3,(H2,3,4);1H3,(H,3,4). The molecule has 0 spiro atoms. The average Bonchev–Trinajstić information content (AvgIpc) is 2.61. The minimum Gasteiger partial charge on any atom is -0.481 e. The summed E-state index contributed by atoms with van der Waals surface area (Å²) in [6, 6.07) is 9.37. The fourth-order valence-electron chi connectivity index (χ4n) is 0.928. The summed E-state index contributed by atoms with van der Waals surface area (Å²) >= 11 is 0. The van der Waals surface area contributed by atoms with Crippen LogP contribution >= 0.6 is 0 Å². The normalized spacial score (nSPS) is 7.39. The zero-order valence-corrected chi connectivity index (χ0v) is 20.6. The first-order chi connectivity index (χ1) is 15.0. The molecule has 1 aromatic rings. The minimum atomic E-state index is -0.833. The number of benzene rings is 1. The third kappa shape index (κ3) is 112. The second-order valence-corrected chi connectivity index (χ2v) is 5.48. The molecule has 1 rings (SSSR count). The van der Waals surface area contributed by atoms with Crippen LogP contribution in [0.2, 0.25) is 0 Å². The number of nitrogens with one attached hydrogen (secondary N) is 2. The number of esters is 2. The average molecular weight is 475 g/mol. The molecule has 33 heavy (non-hydrogen) atoms. The second kappa shape index (κ2) is 30.2. The van der Waals surface area contributed by atoms with Crippen molar-refractivity contribution in [2.75, 3.05) is 19.0 Å². The van der Waals surface area contributed by atoms with Crippen LogP contribution in [0.25, 0.3) is 0 Å². The van der Waals surface area contributed by atoms with Gasteiger partial charge in [-0.3, -0.25) is 29.4 Å². The summed E-state index contributed by atoms with van der Waals surface area (Å²) < 4.78 is 8.51. The summed E-state index contributed by atoms with van der Waals surface area (Å²) in [6.07, 6.45) is 0. The summed E-state index contributed by atoms with van der Waals surface area (Å²) in [5.74, 6) is -1.49. The first kappa shape index (κ1) is 39.5. The number of primary amides is 1. The topological polar surface area (TPSA) is 212 Å². The predicted molar refractivity (Wildman–Crippen MR) is 127 cm³/mol. The fourth-order valence-corrected chi connectivity index (χ4v) is 0.928. The highest BCUT2D eigenvalue weighted by Gasteiger charge is 1.90. The van der Waals surface area contributed by atoms with Gasteiger partial charge in [-0.25, -0.2) is 0 Å². The van der Waals surface area contributed by atoms with Gasteiger partial charge in [0, 0.05) is 40.3 Å². The van der Waals surface area contributed by atoms with Crippen LogP contribution in [0.5, 0.6) is 0 Å². The minimum absolute atomic E-state index is 0.0359. The lowest BCUT2D eigenvalue weighted by molar-refractivity contribution is -0.140. The summed E-state index contributed by atoms with van der Waals surface area (Å²) in [7, 11) is 1.35. The molecule has 0 unspecified atom stereocenters. The van der Waals surface area contributed by atoms with Crippen molar-refractivity contribution in [2.45, 2.75) is 48.5 Å². The predicted octanol–water partition coefficient (Wildman–Crippen LogP) is 1.92. The molecule has 0 heterocycles. The maximum atomic E-state index is 10.5. The van der Waals surface area contributed by atoms with E-state index in [1.807, 2.05) is 30.3 Å². The first-order valence-corrected chi connectivity index (χ1v) is 9.29. The van der Waals surface area contributed by atoms with Crippen molar-refractivity contribution >= 4 is 41.2 Å². The van der Waals surface area contributed by atoms with Crippen LogP contribution in [0.15, 0.2) is 30.3 Å². The zero-order chi connectivity index (χ0) is 27.4. The largest absolute Gasteiger partial charge is 0.481 e. The number of carbonyl (C=O) groups excluding carboxylic acids is 4. The number of anilines is 1. The van der Waals surface area contributed by atoms with E-state index in [1.54, 1.807) is 6.92 Å². The molecular formula is C21H38N4O8. The first-order valence-electron chi connectivity index (χ1n) is 9.29. The molecule has 0 fully saturated rings. The molecule has 12 nitrogen and oxygen atoms in total. The highest BCUT2D eigenvalue weighted by Crippen LogP contribution is 2.03. The molecule has 0 bridgehead atoms. The lowest BCUT2D eigenvalue weighted by Crippen LogP contribution is -2.04. The Morgan fingerprint density at radius 3 is 1.36 bits per heavy atom. The number of amides is 2. The number of para-hydroxylation sites is 1. The monoisotopic (exact) mass is 474 g/mol. The molecule has 1 aromatic carbocycles. The number of rotatable bonds is 2. The van der Waals surface area contributed by atoms with E-state index in [1.165, 1.54) is 41.7 Å². The molecule has 12 heteroatoms. The van der Waals surface area contributed by atoms with Gasteiger partial charge in [-0.15, -0.1) is 0 Å². The Hall–Kier alpha value is -3.96. The Morgan fingerprint density at radius 1 is 0.909 bits per heavy atom. The van der Waals surface area contributed by atoms with Crippen LogP contribution in [0.3, 0.4) is 0 Å². The summed E-state index contributed by atoms with van der Waals surface area (Å²) in [5.41, 5.74) is 10.0. The quantitative estimate of drug-likeness (QED) is 0.240. The SMILES string of the molecule is CC(=N)N.CC(=O)Nc1ccccc1.CC(=O)O.CC(N)=O.CCOC(C)=O.COC(C)=O. The van der Waals surface area contributed by atoms with Gasteiger partial charge in [-0.1, -0.05) is 18.2 Å². The highest BCUT2D eigenvalue weighted by atomic mass is 16.5. The van der Waals surface area contributed by atoms with Crippen LogP contribution in [-0.2, 0) is 33.4 Å². The van der Waals surface area contributed by atoms with E-state index in [-0.39, 0.29) is 29.6 Å². The Morgan fingerprint density at radius 2 is 1.21 bits per heavy atom. The van der Waals surface area contributed by atoms with Crippen molar-refractivity contribution in [3.8, 4) is 0 Å². The van der Waals surface area contributed by atoms with Gasteiger partial charge < -0.3 is 31.4 Å². The van der Waals surface area contributed by atoms with Crippen molar-refractivity contribution in [1.82, 2.24) is 0 Å². The number of aliphatic carboxylic acids is 1. The Labute approximate surface area is 195 Å². The number of hydrogen-bond acceptors (Lipinski definition) is 8. The molecule has 0 aliphatic carbocycles. The van der Waals surface area contributed by atoms with Gasteiger partial charge in [0.1, 0.15) is 0 Å². The molecule has 190 valence electrons. The van der Waals surface area contributed by atoms with E-state index in [4.69, 9.17) is 21.0 Å². The molecule has 0 atom stereocenters. The molecule has 2 amide bonds. The van der Waals surface area contributed by atoms with E-state index < -0.39 is 5.97 Å². The Bertz CT molecular complexity index is 640. The fraction of sp³-hybridized carbons (Fsp3) is 0.429. The third-order valence-electron chi connectivity index (χ3n) is 1.73. The number of methoxy groups -OCH3 is 1. The Kier molecular flexibility index (Phi) is 36.2. The van der Waals surface area contributed by atoms with E-state index in [2.05, 4.69) is 20.5 Å². The van der Waals surface area contributed by atoms with Crippen molar-refractivity contribution in [3.05, 3.63) is 30.3 Å². The van der Waals surface area contributed by atoms with Gasteiger partial charge in [0.05, 0.1) is 19.6 Å². The number of ether oxygens (including phenoxy) is 2. The summed E-state index contributed by atoms with van der Waals surface area (Å²) in [4.78, 5) is 48.1. The van der Waals surface area contributed by atoms with Crippen LogP contribution in [-0.4, -0.2) is 54.4 Å². The maximum Gasteiger partial charge on any atom is 0.302 e. The third-order valence-corrected chi connectivity index (χ3v) is 1.73. The van der Waals surface area contributed by atoms with Crippen LogP contribution < -0.4 is 16.8 Å². The highest BCUT2D eigenvalue weighted by molar-refractivity contribution is 5.88. The van der Waals surface area contributed by atoms with Gasteiger partial charge >= 0.3 is 11.9 Å². The molecular weight excluding hydrogens is 436 g/mol. The number of nitrogens with two attached hydrogens (primary N) is 2. The van der Waals surface area contributed by atoms with E-state index >= 15 is 0 Å². The van der Waals surface area contributed by atoms with Gasteiger partial charge in [-0.05, 0) is 26.0 Å². The number of carboxylic acids is 1. The summed E-state index contributed by atoms with van der Waals surface area (Å²) in [6.45, 7) is 10.4. The number of carbonyl (C=O) groups is 5. The second-order valence-electron chi connectivity index (χ2n) is 5.48. The van der Waals surface area contributed by atoms with Crippen molar-refractivity contribution in [2.24, 2.45) is 11.5 Å². The van der Waals surface area contributed by atoms with Crippen LogP contribution in [0.4, 0.5) is 5.69 Å². The van der Waals surface area contributed by atoms with E-state index in [9.17, 15) is 19.2 Å². The van der Waals surface area contributed by atoms with Crippen molar-refractivity contribution < 1.29 is 38.6 Å². The maximum absolute atomic E-state index is 10.5. The molecule has 0 saturated heterocycles. The molecule has 0 aliphatic heterocycles. The van der Waals surface area contributed by atoms with Gasteiger partial charge in [0.2, 0.25) is 11.8 Å². The lowest BCUT2D eigenvalue weighted by atomic mass is 10.3. The molecule has 0 aliphatic rings. The van der Waals surface area contributed by atoms with Crippen LogP contribution in [0, 0.1) is 5.41 Å². The Balaban J connectivity index is -0.000000100. The summed E-state index contributed by atoms with van der Waals surface area (Å²) in [5, 5.41) is 16.4. The van der Waals surface area contributed by atoms with Gasteiger partial charge in [0.25, 0.3) is 5.97 Å². The number of amidine groups is 1. The van der Waals surface area contributed by atoms with E-state index in [0.717, 1.165) is 12.6 Å². The molecule has 7 N–H and O–H groups in total. The number of carboxylic acid groups (broad SMARTS) is 1. The van der Waals surface area contributed by atoms with Crippen molar-refractivity contribution in [1.29, 1.82) is 5.41 Å². The number of hydrogen-bond donors (Lipinski definition) is 5. The zero-order valence-electron chi connectivity index (χ0n) is 20.6. The molecule has 0 aromatic heterocycles. The molecule has 0 saturated carbocycles. The van der Waals surface area contributed by atoms with E-state index in [0.29, 0.717) is 6.61 Å². The lowest BCUT2D eigenvalue weighted by Gasteiger charge is -1.98. The smallest absolute Gasteiger partial charge is 0.302 e. The van der Waals surface area contributed by atoms with Crippen LogP contribution in [0.1, 0.15) is 48.5 Å².